The number of alkyl halides is 3. The number of amides is 1. The van der Waals surface area contributed by atoms with Crippen LogP contribution in [0.25, 0.3) is 0 Å². The third-order valence-electron chi connectivity index (χ3n) is 4.92. The third kappa shape index (κ3) is 6.97. The van der Waals surface area contributed by atoms with E-state index in [-0.39, 0.29) is 24.0 Å². The predicted octanol–water partition coefficient (Wildman–Crippen LogP) is 2.86. The van der Waals surface area contributed by atoms with Gasteiger partial charge in [0.1, 0.15) is 0 Å². The Labute approximate surface area is 170 Å². The number of carbonyl (C=O) groups excluding carboxylic acids is 1. The maximum Gasteiger partial charge on any atom is 0.401 e. The zero-order valence-electron chi connectivity index (χ0n) is 16.7. The first-order valence-corrected chi connectivity index (χ1v) is 11.1. The molecule has 29 heavy (non-hydrogen) atoms. The van der Waals surface area contributed by atoms with Gasteiger partial charge < -0.3 is 5.32 Å². The number of hydrogen-bond donors (Lipinski definition) is 1. The Bertz CT molecular complexity index is 782. The minimum Gasteiger partial charge on any atom is -0.352 e. The van der Waals surface area contributed by atoms with Crippen molar-refractivity contribution in [3.05, 3.63) is 29.8 Å². The van der Waals surface area contributed by atoms with Crippen LogP contribution in [0, 0.1) is 0 Å². The highest BCUT2D eigenvalue weighted by Crippen LogP contribution is 2.25. The minimum absolute atomic E-state index is 0.0489. The van der Waals surface area contributed by atoms with Gasteiger partial charge in [-0.25, -0.2) is 8.42 Å². The van der Waals surface area contributed by atoms with Crippen LogP contribution < -0.4 is 5.32 Å². The molecular formula is C19H28F3N3O3S. The van der Waals surface area contributed by atoms with Crippen molar-refractivity contribution in [1.82, 2.24) is 14.5 Å². The van der Waals surface area contributed by atoms with Crippen LogP contribution in [0.15, 0.2) is 29.2 Å². The van der Waals surface area contributed by atoms with Crippen molar-refractivity contribution < 1.29 is 26.4 Å². The SMILES string of the molecule is C[C@H]1CCCCN1S(=O)(=O)c1ccc(C(=O)NCCCN(C)CC(F)(F)F)cc1. The Balaban J connectivity index is 1.87. The molecule has 1 aliphatic rings. The zero-order valence-corrected chi connectivity index (χ0v) is 17.5. The second kappa shape index (κ2) is 9.90. The molecule has 1 heterocycles. The van der Waals surface area contributed by atoms with Gasteiger partial charge in [0.25, 0.3) is 5.91 Å². The van der Waals surface area contributed by atoms with Gasteiger partial charge in [-0.05, 0) is 64.0 Å². The molecule has 1 aliphatic heterocycles. The summed E-state index contributed by atoms with van der Waals surface area (Å²) in [6.45, 7) is 1.82. The Hall–Kier alpha value is -1.65. The number of halogens is 3. The van der Waals surface area contributed by atoms with Crippen LogP contribution in [-0.2, 0) is 10.0 Å². The maximum absolute atomic E-state index is 12.8. The van der Waals surface area contributed by atoms with E-state index in [4.69, 9.17) is 0 Å². The molecule has 1 amide bonds. The van der Waals surface area contributed by atoms with E-state index in [0.717, 1.165) is 24.2 Å². The van der Waals surface area contributed by atoms with Crippen LogP contribution in [0.4, 0.5) is 13.2 Å². The van der Waals surface area contributed by atoms with Crippen molar-refractivity contribution in [2.45, 2.75) is 49.7 Å². The Morgan fingerprint density at radius 2 is 1.90 bits per heavy atom. The molecule has 1 aromatic rings. The summed E-state index contributed by atoms with van der Waals surface area (Å²) in [4.78, 5) is 13.5. The van der Waals surface area contributed by atoms with E-state index in [1.165, 1.54) is 35.6 Å². The lowest BCUT2D eigenvalue weighted by Gasteiger charge is -2.32. The number of piperidine rings is 1. The highest BCUT2D eigenvalue weighted by atomic mass is 32.2. The second-order valence-electron chi connectivity index (χ2n) is 7.45. The van der Waals surface area contributed by atoms with Gasteiger partial charge in [0.15, 0.2) is 0 Å². The molecule has 2 rings (SSSR count). The maximum atomic E-state index is 12.8. The molecule has 0 saturated carbocycles. The van der Waals surface area contributed by atoms with Crippen LogP contribution in [-0.4, -0.2) is 69.0 Å². The molecule has 1 atom stereocenters. The lowest BCUT2D eigenvalue weighted by atomic mass is 10.1. The van der Waals surface area contributed by atoms with Crippen molar-refractivity contribution in [3.63, 3.8) is 0 Å². The van der Waals surface area contributed by atoms with Crippen LogP contribution >= 0.6 is 0 Å². The van der Waals surface area contributed by atoms with Crippen LogP contribution in [0.3, 0.4) is 0 Å². The minimum atomic E-state index is -4.24. The van der Waals surface area contributed by atoms with Gasteiger partial charge in [0.05, 0.1) is 11.4 Å². The third-order valence-corrected chi connectivity index (χ3v) is 6.94. The molecule has 1 N–H and O–H groups in total. The van der Waals surface area contributed by atoms with Crippen molar-refractivity contribution in [3.8, 4) is 0 Å². The fourth-order valence-electron chi connectivity index (χ4n) is 3.38. The molecule has 0 spiro atoms. The van der Waals surface area contributed by atoms with Gasteiger partial charge >= 0.3 is 6.18 Å². The fraction of sp³-hybridized carbons (Fsp3) is 0.632. The number of benzene rings is 1. The average molecular weight is 436 g/mol. The van der Waals surface area contributed by atoms with Crippen LogP contribution in [0.5, 0.6) is 0 Å². The predicted molar refractivity (Wildman–Crippen MR) is 104 cm³/mol. The fourth-order valence-corrected chi connectivity index (χ4v) is 5.08. The van der Waals surface area contributed by atoms with E-state index in [1.54, 1.807) is 0 Å². The molecule has 1 aromatic carbocycles. The van der Waals surface area contributed by atoms with Crippen LogP contribution in [0.2, 0.25) is 0 Å². The molecule has 0 bridgehead atoms. The van der Waals surface area contributed by atoms with Crippen molar-refractivity contribution in [2.24, 2.45) is 0 Å². The summed E-state index contributed by atoms with van der Waals surface area (Å²) in [6.07, 6.45) is -1.19. The van der Waals surface area contributed by atoms with Gasteiger partial charge in [0.2, 0.25) is 10.0 Å². The van der Waals surface area contributed by atoms with Crippen molar-refractivity contribution in [1.29, 1.82) is 0 Å². The first kappa shape index (κ1) is 23.6. The molecule has 0 aromatic heterocycles. The van der Waals surface area contributed by atoms with Gasteiger partial charge in [-0.15, -0.1) is 0 Å². The molecular weight excluding hydrogens is 407 g/mol. The van der Waals surface area contributed by atoms with Crippen LogP contribution in [0.1, 0.15) is 43.0 Å². The van der Waals surface area contributed by atoms with Gasteiger partial charge in [-0.3, -0.25) is 9.69 Å². The Morgan fingerprint density at radius 1 is 1.24 bits per heavy atom. The molecule has 10 heteroatoms. The van der Waals surface area contributed by atoms with E-state index < -0.39 is 28.7 Å². The van der Waals surface area contributed by atoms with Crippen molar-refractivity contribution in [2.75, 3.05) is 33.2 Å². The highest BCUT2D eigenvalue weighted by molar-refractivity contribution is 7.89. The van der Waals surface area contributed by atoms with E-state index in [9.17, 15) is 26.4 Å². The topological polar surface area (TPSA) is 69.7 Å². The Kier molecular flexibility index (Phi) is 8.07. The lowest BCUT2D eigenvalue weighted by molar-refractivity contribution is -0.143. The quantitative estimate of drug-likeness (QED) is 0.638. The molecule has 0 radical (unpaired) electrons. The lowest BCUT2D eigenvalue weighted by Crippen LogP contribution is -2.41. The van der Waals surface area contributed by atoms with Gasteiger partial charge in [0, 0.05) is 24.7 Å². The van der Waals surface area contributed by atoms with E-state index >= 15 is 0 Å². The summed E-state index contributed by atoms with van der Waals surface area (Å²) >= 11 is 0. The highest BCUT2D eigenvalue weighted by Gasteiger charge is 2.31. The monoisotopic (exact) mass is 435 g/mol. The number of nitrogens with one attached hydrogen (secondary N) is 1. The van der Waals surface area contributed by atoms with E-state index in [0.29, 0.717) is 18.5 Å². The number of carbonyl (C=O) groups is 1. The van der Waals surface area contributed by atoms with Gasteiger partial charge in [-0.1, -0.05) is 6.42 Å². The summed E-state index contributed by atoms with van der Waals surface area (Å²) in [7, 11) is -2.22. The second-order valence-corrected chi connectivity index (χ2v) is 9.34. The Morgan fingerprint density at radius 3 is 2.48 bits per heavy atom. The van der Waals surface area contributed by atoms with Gasteiger partial charge in [-0.2, -0.15) is 17.5 Å². The molecule has 164 valence electrons. The molecule has 0 unspecified atom stereocenters. The smallest absolute Gasteiger partial charge is 0.352 e. The number of sulfonamides is 1. The first-order chi connectivity index (χ1) is 13.5. The summed E-state index contributed by atoms with van der Waals surface area (Å²) in [6, 6.07) is 5.69. The summed E-state index contributed by atoms with van der Waals surface area (Å²) in [5.74, 6) is -0.390. The summed E-state index contributed by atoms with van der Waals surface area (Å²) in [5, 5.41) is 2.64. The zero-order chi connectivity index (χ0) is 21.7. The largest absolute Gasteiger partial charge is 0.401 e. The molecule has 1 fully saturated rings. The van der Waals surface area contributed by atoms with E-state index in [1.807, 2.05) is 6.92 Å². The average Bonchev–Trinajstić information content (AvgIpc) is 2.64. The molecule has 0 aliphatic carbocycles. The normalized spacial score (nSPS) is 18.8. The van der Waals surface area contributed by atoms with Crippen molar-refractivity contribution >= 4 is 15.9 Å². The summed E-state index contributed by atoms with van der Waals surface area (Å²) in [5.41, 5.74) is 0.305. The standard InChI is InChI=1S/C19H28F3N3O3S/c1-15-6-3-4-13-25(15)29(27,28)17-9-7-16(8-10-17)18(26)23-11-5-12-24(2)14-19(20,21)22/h7-10,15H,3-6,11-14H2,1-2H3,(H,23,26)/t15-/m0/s1. The molecule has 1 saturated heterocycles. The number of hydrogen-bond acceptors (Lipinski definition) is 4. The summed E-state index contributed by atoms with van der Waals surface area (Å²) < 4.78 is 63.9. The number of nitrogens with zero attached hydrogens (tertiary/aromatic N) is 2. The van der Waals surface area contributed by atoms with E-state index in [2.05, 4.69) is 5.32 Å². The molecule has 6 nitrogen and oxygen atoms in total. The first-order valence-electron chi connectivity index (χ1n) is 9.66. The number of rotatable bonds is 8.